The van der Waals surface area contributed by atoms with Gasteiger partial charge in [0.2, 0.25) is 5.91 Å². The molecule has 26 heavy (non-hydrogen) atoms. The van der Waals surface area contributed by atoms with Gasteiger partial charge < -0.3 is 15.0 Å². The van der Waals surface area contributed by atoms with Crippen LogP contribution in [0, 0.1) is 11.3 Å². The topological polar surface area (TPSA) is 82.4 Å². The Morgan fingerprint density at radius 1 is 1.15 bits per heavy atom. The summed E-state index contributed by atoms with van der Waals surface area (Å²) in [6.07, 6.45) is 1.48. The van der Waals surface area contributed by atoms with Gasteiger partial charge in [0, 0.05) is 25.2 Å². The van der Waals surface area contributed by atoms with Gasteiger partial charge in [0.15, 0.2) is 6.61 Å². The minimum absolute atomic E-state index is 0.0850. The number of nitrogens with zero attached hydrogens (tertiary/aromatic N) is 2. The molecule has 1 aliphatic rings. The Kier molecular flexibility index (Phi) is 5.49. The molecule has 132 valence electrons. The first kappa shape index (κ1) is 17.5. The number of rotatable bonds is 6. The fourth-order valence-corrected chi connectivity index (χ4v) is 2.74. The molecule has 6 nitrogen and oxygen atoms in total. The highest BCUT2D eigenvalue weighted by molar-refractivity contribution is 5.95. The Bertz CT molecular complexity index is 823. The van der Waals surface area contributed by atoms with Crippen molar-refractivity contribution < 1.29 is 14.3 Å². The summed E-state index contributed by atoms with van der Waals surface area (Å²) in [5.74, 6) is 0.489. The summed E-state index contributed by atoms with van der Waals surface area (Å²) in [5, 5.41) is 11.5. The molecule has 0 aromatic heterocycles. The average Bonchev–Trinajstić information content (AvgIpc) is 3.11. The second-order valence-corrected chi connectivity index (χ2v) is 6.02. The van der Waals surface area contributed by atoms with E-state index in [1.807, 2.05) is 12.1 Å². The average molecular weight is 349 g/mol. The van der Waals surface area contributed by atoms with E-state index >= 15 is 0 Å². The van der Waals surface area contributed by atoms with Crippen LogP contribution in [0.2, 0.25) is 0 Å². The molecule has 0 bridgehead atoms. The lowest BCUT2D eigenvalue weighted by Gasteiger charge is -2.16. The summed E-state index contributed by atoms with van der Waals surface area (Å²) in [6.45, 7) is 1.04. The third-order valence-electron chi connectivity index (χ3n) is 4.16. The third kappa shape index (κ3) is 4.39. The molecule has 1 heterocycles. The molecule has 0 atom stereocenters. The van der Waals surface area contributed by atoms with E-state index in [-0.39, 0.29) is 18.4 Å². The van der Waals surface area contributed by atoms with E-state index in [0.717, 1.165) is 24.2 Å². The number of hydrogen-bond donors (Lipinski definition) is 1. The second kappa shape index (κ2) is 8.17. The molecule has 0 radical (unpaired) electrons. The van der Waals surface area contributed by atoms with E-state index in [2.05, 4.69) is 11.4 Å². The van der Waals surface area contributed by atoms with Crippen LogP contribution >= 0.6 is 0 Å². The van der Waals surface area contributed by atoms with Gasteiger partial charge in [0.25, 0.3) is 5.91 Å². The van der Waals surface area contributed by atoms with Crippen molar-refractivity contribution in [2.75, 3.05) is 18.1 Å². The van der Waals surface area contributed by atoms with Crippen molar-refractivity contribution in [2.45, 2.75) is 19.4 Å². The van der Waals surface area contributed by atoms with Crippen molar-refractivity contribution in [3.63, 3.8) is 0 Å². The predicted molar refractivity (Wildman–Crippen MR) is 96.5 cm³/mol. The Labute approximate surface area is 152 Å². The highest BCUT2D eigenvalue weighted by Gasteiger charge is 2.21. The number of benzene rings is 2. The van der Waals surface area contributed by atoms with Gasteiger partial charge in [0.05, 0.1) is 11.6 Å². The zero-order chi connectivity index (χ0) is 18.4. The van der Waals surface area contributed by atoms with Gasteiger partial charge in [0.1, 0.15) is 5.75 Å². The van der Waals surface area contributed by atoms with Gasteiger partial charge in [-0.2, -0.15) is 5.26 Å². The van der Waals surface area contributed by atoms with E-state index in [0.29, 0.717) is 24.3 Å². The third-order valence-corrected chi connectivity index (χ3v) is 4.16. The molecule has 6 heteroatoms. The second-order valence-electron chi connectivity index (χ2n) is 6.02. The SMILES string of the molecule is N#Cc1ccc(CNC(=O)COc2ccc(N3CCCC3=O)cc2)cc1. The number of ether oxygens (including phenoxy) is 1. The lowest BCUT2D eigenvalue weighted by molar-refractivity contribution is -0.123. The van der Waals surface area contributed by atoms with Crippen LogP contribution in [0.4, 0.5) is 5.69 Å². The van der Waals surface area contributed by atoms with Gasteiger partial charge in [-0.15, -0.1) is 0 Å². The summed E-state index contributed by atoms with van der Waals surface area (Å²) in [6, 6.07) is 16.3. The Morgan fingerprint density at radius 2 is 1.88 bits per heavy atom. The van der Waals surface area contributed by atoms with Crippen LogP contribution in [-0.2, 0) is 16.1 Å². The van der Waals surface area contributed by atoms with E-state index in [1.54, 1.807) is 41.3 Å². The highest BCUT2D eigenvalue weighted by Crippen LogP contribution is 2.23. The smallest absolute Gasteiger partial charge is 0.258 e. The van der Waals surface area contributed by atoms with Crippen LogP contribution in [0.3, 0.4) is 0 Å². The van der Waals surface area contributed by atoms with Crippen LogP contribution in [0.15, 0.2) is 48.5 Å². The lowest BCUT2D eigenvalue weighted by Crippen LogP contribution is -2.28. The maximum atomic E-state index is 11.9. The molecule has 0 aliphatic carbocycles. The minimum Gasteiger partial charge on any atom is -0.484 e. The van der Waals surface area contributed by atoms with Crippen LogP contribution < -0.4 is 15.0 Å². The molecular formula is C20H19N3O3. The first-order valence-corrected chi connectivity index (χ1v) is 8.45. The Hall–Kier alpha value is -3.33. The molecular weight excluding hydrogens is 330 g/mol. The maximum Gasteiger partial charge on any atom is 0.258 e. The minimum atomic E-state index is -0.229. The molecule has 3 rings (SSSR count). The molecule has 1 fully saturated rings. The fourth-order valence-electron chi connectivity index (χ4n) is 2.74. The molecule has 2 amide bonds. The molecule has 2 aromatic carbocycles. The van der Waals surface area contributed by atoms with Gasteiger partial charge in [-0.05, 0) is 48.4 Å². The van der Waals surface area contributed by atoms with Crippen molar-refractivity contribution >= 4 is 17.5 Å². The van der Waals surface area contributed by atoms with Crippen LogP contribution in [-0.4, -0.2) is 25.0 Å². The van der Waals surface area contributed by atoms with E-state index in [9.17, 15) is 9.59 Å². The summed E-state index contributed by atoms with van der Waals surface area (Å²) in [5.41, 5.74) is 2.35. The number of nitrogens with one attached hydrogen (secondary N) is 1. The van der Waals surface area contributed by atoms with Gasteiger partial charge in [-0.25, -0.2) is 0 Å². The predicted octanol–water partition coefficient (Wildman–Crippen LogP) is 2.38. The normalized spacial score (nSPS) is 13.3. The Morgan fingerprint density at radius 3 is 2.50 bits per heavy atom. The largest absolute Gasteiger partial charge is 0.484 e. The van der Waals surface area contributed by atoms with Crippen molar-refractivity contribution in [2.24, 2.45) is 0 Å². The molecule has 0 saturated carbocycles. The maximum absolute atomic E-state index is 11.9. The van der Waals surface area contributed by atoms with E-state index in [4.69, 9.17) is 10.00 Å². The van der Waals surface area contributed by atoms with Gasteiger partial charge in [-0.3, -0.25) is 9.59 Å². The first-order valence-electron chi connectivity index (χ1n) is 8.45. The molecule has 2 aromatic rings. The number of carbonyl (C=O) groups is 2. The Balaban J connectivity index is 1.45. The number of nitriles is 1. The van der Waals surface area contributed by atoms with Crippen molar-refractivity contribution in [3.8, 4) is 11.8 Å². The summed E-state index contributed by atoms with van der Waals surface area (Å²) in [4.78, 5) is 25.4. The van der Waals surface area contributed by atoms with Crippen LogP contribution in [0.5, 0.6) is 5.75 Å². The molecule has 0 spiro atoms. The molecule has 0 unspecified atom stereocenters. The van der Waals surface area contributed by atoms with Crippen molar-refractivity contribution in [1.82, 2.24) is 5.32 Å². The fraction of sp³-hybridized carbons (Fsp3) is 0.250. The van der Waals surface area contributed by atoms with Gasteiger partial charge >= 0.3 is 0 Å². The van der Waals surface area contributed by atoms with Gasteiger partial charge in [-0.1, -0.05) is 12.1 Å². The number of carbonyl (C=O) groups excluding carboxylic acids is 2. The number of amides is 2. The zero-order valence-corrected chi connectivity index (χ0v) is 14.3. The summed E-state index contributed by atoms with van der Waals surface area (Å²) >= 11 is 0. The molecule has 1 N–H and O–H groups in total. The van der Waals surface area contributed by atoms with Crippen molar-refractivity contribution in [3.05, 3.63) is 59.7 Å². The van der Waals surface area contributed by atoms with E-state index < -0.39 is 0 Å². The van der Waals surface area contributed by atoms with Crippen molar-refractivity contribution in [1.29, 1.82) is 5.26 Å². The van der Waals surface area contributed by atoms with Crippen LogP contribution in [0.25, 0.3) is 0 Å². The first-order chi connectivity index (χ1) is 12.7. The molecule has 1 saturated heterocycles. The lowest BCUT2D eigenvalue weighted by atomic mass is 10.1. The summed E-state index contributed by atoms with van der Waals surface area (Å²) < 4.78 is 5.48. The monoisotopic (exact) mass is 349 g/mol. The number of anilines is 1. The number of hydrogen-bond acceptors (Lipinski definition) is 4. The zero-order valence-electron chi connectivity index (χ0n) is 14.3. The molecule has 1 aliphatic heterocycles. The summed E-state index contributed by atoms with van der Waals surface area (Å²) in [7, 11) is 0. The highest BCUT2D eigenvalue weighted by atomic mass is 16.5. The van der Waals surface area contributed by atoms with E-state index in [1.165, 1.54) is 0 Å². The van der Waals surface area contributed by atoms with Crippen LogP contribution in [0.1, 0.15) is 24.0 Å². The quantitative estimate of drug-likeness (QED) is 0.868. The standard InChI is InChI=1S/C20H19N3O3/c21-12-15-3-5-16(6-4-15)13-22-19(24)14-26-18-9-7-17(8-10-18)23-11-1-2-20(23)25/h3-10H,1-2,11,13-14H2,(H,22,24).